The molecule has 0 radical (unpaired) electrons. The minimum Gasteiger partial charge on any atom is -0.369 e. The van der Waals surface area contributed by atoms with E-state index in [1.54, 1.807) is 0 Å². The summed E-state index contributed by atoms with van der Waals surface area (Å²) in [7, 11) is 0. The lowest BCUT2D eigenvalue weighted by Crippen LogP contribution is -2.23. The molecule has 2 aliphatic rings. The number of rotatable bonds is 2. The van der Waals surface area contributed by atoms with Crippen LogP contribution in [0.15, 0.2) is 22.7 Å². The number of anilines is 1. The normalized spacial score (nSPS) is 30.2. The monoisotopic (exact) mass is 333 g/mol. The molecule has 4 atom stereocenters. The van der Waals surface area contributed by atoms with Gasteiger partial charge in [0.2, 0.25) is 5.95 Å². The second-order valence-electron chi connectivity index (χ2n) is 6.55. The molecule has 2 bridgehead atoms. The van der Waals surface area contributed by atoms with Crippen molar-refractivity contribution in [2.24, 2.45) is 17.8 Å². The first-order valence-corrected chi connectivity index (χ1v) is 8.35. The van der Waals surface area contributed by atoms with Crippen LogP contribution >= 0.6 is 15.9 Å². The van der Waals surface area contributed by atoms with Crippen LogP contribution in [0.3, 0.4) is 0 Å². The summed E-state index contributed by atoms with van der Waals surface area (Å²) in [5, 5.41) is 0. The summed E-state index contributed by atoms with van der Waals surface area (Å²) in [6.07, 6.45) is 5.67. The van der Waals surface area contributed by atoms with Crippen molar-refractivity contribution < 1.29 is 0 Å². The largest absolute Gasteiger partial charge is 0.369 e. The third-order valence-corrected chi connectivity index (χ3v) is 5.99. The number of nitrogen functional groups attached to an aromatic ring is 1. The van der Waals surface area contributed by atoms with Crippen LogP contribution in [-0.2, 0) is 0 Å². The molecule has 0 saturated heterocycles. The number of nitrogens with zero attached hydrogens (tertiary/aromatic N) is 2. The van der Waals surface area contributed by atoms with Crippen molar-refractivity contribution in [3.05, 3.63) is 22.7 Å². The zero-order valence-corrected chi connectivity index (χ0v) is 13.3. The van der Waals surface area contributed by atoms with E-state index in [9.17, 15) is 0 Å². The minimum absolute atomic E-state index is 0.449. The molecule has 2 N–H and O–H groups in total. The summed E-state index contributed by atoms with van der Waals surface area (Å²) in [4.78, 5) is 4.53. The van der Waals surface area contributed by atoms with Gasteiger partial charge in [-0.05, 0) is 62.1 Å². The molecule has 1 heterocycles. The fraction of sp³-hybridized carbons (Fsp3) is 0.562. The molecule has 1 aromatic heterocycles. The highest BCUT2D eigenvalue weighted by molar-refractivity contribution is 9.10. The van der Waals surface area contributed by atoms with Crippen molar-refractivity contribution in [3.8, 4) is 0 Å². The van der Waals surface area contributed by atoms with Crippen molar-refractivity contribution in [3.63, 3.8) is 0 Å². The van der Waals surface area contributed by atoms with E-state index in [0.29, 0.717) is 12.0 Å². The van der Waals surface area contributed by atoms with E-state index in [1.165, 1.54) is 25.7 Å². The van der Waals surface area contributed by atoms with Crippen LogP contribution in [0.4, 0.5) is 5.95 Å². The molecule has 2 aromatic rings. The van der Waals surface area contributed by atoms with Crippen LogP contribution < -0.4 is 5.73 Å². The Balaban J connectivity index is 1.77. The van der Waals surface area contributed by atoms with Crippen LogP contribution in [0, 0.1) is 17.8 Å². The molecule has 4 heteroatoms. The average molecular weight is 334 g/mol. The molecular formula is C16H20BrN3. The van der Waals surface area contributed by atoms with Crippen molar-refractivity contribution in [1.82, 2.24) is 9.55 Å². The maximum atomic E-state index is 6.21. The summed E-state index contributed by atoms with van der Waals surface area (Å²) in [6, 6.07) is 6.66. The fourth-order valence-corrected chi connectivity index (χ4v) is 4.94. The van der Waals surface area contributed by atoms with Crippen molar-refractivity contribution in [2.45, 2.75) is 38.6 Å². The first-order chi connectivity index (χ1) is 9.63. The number of hydrogen-bond acceptors (Lipinski definition) is 2. The molecule has 0 spiro atoms. The number of hydrogen-bond donors (Lipinski definition) is 1. The van der Waals surface area contributed by atoms with E-state index in [0.717, 1.165) is 33.3 Å². The summed E-state index contributed by atoms with van der Waals surface area (Å²) in [5.74, 6) is 3.30. The smallest absolute Gasteiger partial charge is 0.201 e. The van der Waals surface area contributed by atoms with E-state index < -0.39 is 0 Å². The number of imidazole rings is 1. The Bertz CT molecular complexity index is 663. The third kappa shape index (κ3) is 1.80. The summed E-state index contributed by atoms with van der Waals surface area (Å²) >= 11 is 3.56. The van der Waals surface area contributed by atoms with Crippen molar-refractivity contribution in [1.29, 1.82) is 0 Å². The Morgan fingerprint density at radius 1 is 1.35 bits per heavy atom. The van der Waals surface area contributed by atoms with E-state index in [-0.39, 0.29) is 0 Å². The second-order valence-corrected chi connectivity index (χ2v) is 7.47. The SMILES string of the molecule is CC(C1CC2CCC1C2)n1c(N)nc2ccc(Br)cc21. The van der Waals surface area contributed by atoms with Crippen molar-refractivity contribution >= 4 is 32.9 Å². The Morgan fingerprint density at radius 2 is 2.20 bits per heavy atom. The standard InChI is InChI=1S/C16H20BrN3/c1-9(13-7-10-2-3-11(13)6-10)20-15-8-12(17)4-5-14(15)19-16(20)18/h4-5,8-11,13H,2-3,6-7H2,1H3,(H2,18,19). The predicted molar refractivity (Wildman–Crippen MR) is 85.5 cm³/mol. The first kappa shape index (κ1) is 12.7. The van der Waals surface area contributed by atoms with Gasteiger partial charge in [-0.15, -0.1) is 0 Å². The molecule has 0 aliphatic heterocycles. The summed E-state index contributed by atoms with van der Waals surface area (Å²) in [5.41, 5.74) is 8.37. The lowest BCUT2D eigenvalue weighted by molar-refractivity contribution is 0.248. The Labute approximate surface area is 127 Å². The average Bonchev–Trinajstić information content (AvgIpc) is 3.10. The highest BCUT2D eigenvalue weighted by Crippen LogP contribution is 2.52. The third-order valence-electron chi connectivity index (χ3n) is 5.50. The number of aromatic nitrogens is 2. The van der Waals surface area contributed by atoms with E-state index in [2.05, 4.69) is 38.5 Å². The fourth-order valence-electron chi connectivity index (χ4n) is 4.59. The lowest BCUT2D eigenvalue weighted by Gasteiger charge is -2.29. The molecular weight excluding hydrogens is 314 g/mol. The van der Waals surface area contributed by atoms with Gasteiger partial charge >= 0.3 is 0 Å². The van der Waals surface area contributed by atoms with Crippen LogP contribution in [0.25, 0.3) is 11.0 Å². The minimum atomic E-state index is 0.449. The molecule has 20 heavy (non-hydrogen) atoms. The van der Waals surface area contributed by atoms with Gasteiger partial charge in [-0.3, -0.25) is 0 Å². The summed E-state index contributed by atoms with van der Waals surface area (Å²) in [6.45, 7) is 2.32. The first-order valence-electron chi connectivity index (χ1n) is 7.56. The molecule has 2 aliphatic carbocycles. The molecule has 106 valence electrons. The van der Waals surface area contributed by atoms with Gasteiger partial charge in [-0.25, -0.2) is 4.98 Å². The molecule has 4 unspecified atom stereocenters. The molecule has 2 fully saturated rings. The second kappa shape index (κ2) is 4.48. The molecule has 0 amide bonds. The van der Waals surface area contributed by atoms with Gasteiger partial charge in [0, 0.05) is 10.5 Å². The van der Waals surface area contributed by atoms with Crippen LogP contribution in [-0.4, -0.2) is 9.55 Å². The number of nitrogens with two attached hydrogens (primary N) is 1. The van der Waals surface area contributed by atoms with Gasteiger partial charge in [0.05, 0.1) is 11.0 Å². The quantitative estimate of drug-likeness (QED) is 0.886. The molecule has 1 aromatic carbocycles. The molecule has 3 nitrogen and oxygen atoms in total. The van der Waals surface area contributed by atoms with Gasteiger partial charge < -0.3 is 10.3 Å². The van der Waals surface area contributed by atoms with Crippen LogP contribution in [0.2, 0.25) is 0 Å². The van der Waals surface area contributed by atoms with Gasteiger partial charge in [-0.2, -0.15) is 0 Å². The predicted octanol–water partition coefficient (Wildman–Crippen LogP) is 4.38. The Morgan fingerprint density at radius 3 is 2.90 bits per heavy atom. The Hall–Kier alpha value is -1.03. The van der Waals surface area contributed by atoms with Crippen LogP contribution in [0.5, 0.6) is 0 Å². The maximum Gasteiger partial charge on any atom is 0.201 e. The topological polar surface area (TPSA) is 43.8 Å². The number of halogens is 1. The van der Waals surface area contributed by atoms with E-state index in [4.69, 9.17) is 5.73 Å². The zero-order chi connectivity index (χ0) is 13.9. The highest BCUT2D eigenvalue weighted by atomic mass is 79.9. The van der Waals surface area contributed by atoms with Crippen molar-refractivity contribution in [2.75, 3.05) is 5.73 Å². The van der Waals surface area contributed by atoms with E-state index >= 15 is 0 Å². The van der Waals surface area contributed by atoms with Gasteiger partial charge in [0.15, 0.2) is 0 Å². The molecule has 2 saturated carbocycles. The highest BCUT2D eigenvalue weighted by Gasteiger charge is 2.42. The lowest BCUT2D eigenvalue weighted by atomic mass is 9.84. The van der Waals surface area contributed by atoms with Gasteiger partial charge in [0.25, 0.3) is 0 Å². The molecule has 4 rings (SSSR count). The van der Waals surface area contributed by atoms with E-state index in [1.807, 2.05) is 12.1 Å². The zero-order valence-electron chi connectivity index (χ0n) is 11.7. The number of benzene rings is 1. The number of fused-ring (bicyclic) bond motifs is 3. The van der Waals surface area contributed by atoms with Crippen LogP contribution in [0.1, 0.15) is 38.6 Å². The maximum absolute atomic E-state index is 6.21. The van der Waals surface area contributed by atoms with Gasteiger partial charge in [-0.1, -0.05) is 22.4 Å². The summed E-state index contributed by atoms with van der Waals surface area (Å²) < 4.78 is 3.34. The van der Waals surface area contributed by atoms with Gasteiger partial charge in [0.1, 0.15) is 0 Å². The Kier molecular flexibility index (Phi) is 2.85.